The number of halogens is 6. The monoisotopic (exact) mass is 466 g/mol. The van der Waals surface area contributed by atoms with Crippen molar-refractivity contribution in [3.05, 3.63) is 101 Å². The third-order valence-corrected chi connectivity index (χ3v) is 4.46. The van der Waals surface area contributed by atoms with Crippen molar-refractivity contribution in [2.45, 2.75) is 12.7 Å². The van der Waals surface area contributed by atoms with Gasteiger partial charge in [0, 0.05) is 23.9 Å². The minimum atomic E-state index is -4.62. The normalized spacial score (nSPS) is 11.2. The van der Waals surface area contributed by atoms with Gasteiger partial charge in [-0.1, -0.05) is 12.1 Å². The van der Waals surface area contributed by atoms with Crippen molar-refractivity contribution in [3.63, 3.8) is 0 Å². The third-order valence-electron chi connectivity index (χ3n) is 4.46. The number of amides is 2. The topological polar surface area (TPSA) is 49.4 Å². The van der Waals surface area contributed by atoms with Crippen LogP contribution in [0.2, 0.25) is 0 Å². The summed E-state index contributed by atoms with van der Waals surface area (Å²) in [6, 6.07) is 11.0. The molecule has 0 saturated carbocycles. The van der Waals surface area contributed by atoms with Gasteiger partial charge in [-0.3, -0.25) is 9.59 Å². The summed E-state index contributed by atoms with van der Waals surface area (Å²) in [6.07, 6.45) is -4.62. The van der Waals surface area contributed by atoms with Crippen LogP contribution in [0.4, 0.5) is 32.0 Å². The molecule has 1 N–H and O–H groups in total. The summed E-state index contributed by atoms with van der Waals surface area (Å²) < 4.78 is 79.4. The molecule has 33 heavy (non-hydrogen) atoms. The SMILES string of the molecule is O=C(CN(Cc1cc(F)cc(F)c1)C(=O)c1cccc(F)c1)Nc1cccc(C(F)(F)F)c1. The Hall–Kier alpha value is -3.82. The molecule has 0 atom stereocenters. The number of nitrogens with one attached hydrogen (secondary N) is 1. The molecule has 0 heterocycles. The molecular weight excluding hydrogens is 450 g/mol. The predicted molar refractivity (Wildman–Crippen MR) is 108 cm³/mol. The van der Waals surface area contributed by atoms with Crippen LogP contribution in [0.15, 0.2) is 66.7 Å². The standard InChI is InChI=1S/C23H16F6N2O2/c24-17-5-1-3-15(9-17)22(33)31(12-14-7-18(25)11-19(26)8-14)13-21(32)30-20-6-2-4-16(10-20)23(27,28)29/h1-11H,12-13H2,(H,30,32). The molecule has 3 rings (SSSR count). The van der Waals surface area contributed by atoms with Gasteiger partial charge >= 0.3 is 6.18 Å². The summed E-state index contributed by atoms with van der Waals surface area (Å²) in [5, 5.41) is 2.26. The number of benzene rings is 3. The van der Waals surface area contributed by atoms with Crippen LogP contribution in [0.1, 0.15) is 21.5 Å². The average molecular weight is 466 g/mol. The highest BCUT2D eigenvalue weighted by Crippen LogP contribution is 2.30. The molecule has 0 aliphatic heterocycles. The van der Waals surface area contributed by atoms with Gasteiger partial charge in [0.1, 0.15) is 24.0 Å². The van der Waals surface area contributed by atoms with Crippen molar-refractivity contribution in [1.29, 1.82) is 0 Å². The summed E-state index contributed by atoms with van der Waals surface area (Å²) >= 11 is 0. The Kier molecular flexibility index (Phi) is 7.05. The van der Waals surface area contributed by atoms with E-state index < -0.39 is 54.1 Å². The van der Waals surface area contributed by atoms with E-state index in [1.54, 1.807) is 0 Å². The predicted octanol–water partition coefficient (Wildman–Crippen LogP) is 5.40. The first-order valence-corrected chi connectivity index (χ1v) is 9.48. The molecule has 10 heteroatoms. The zero-order chi connectivity index (χ0) is 24.2. The summed E-state index contributed by atoms with van der Waals surface area (Å²) in [5.74, 6) is -4.21. The van der Waals surface area contributed by atoms with Gasteiger partial charge in [-0.25, -0.2) is 13.2 Å². The number of hydrogen-bond donors (Lipinski definition) is 1. The lowest BCUT2D eigenvalue weighted by Crippen LogP contribution is -2.37. The fraction of sp³-hybridized carbons (Fsp3) is 0.130. The Bertz CT molecular complexity index is 1160. The van der Waals surface area contributed by atoms with E-state index in [9.17, 15) is 35.9 Å². The van der Waals surface area contributed by atoms with E-state index in [0.29, 0.717) is 6.07 Å². The molecule has 0 unspecified atom stereocenters. The molecule has 4 nitrogen and oxygen atoms in total. The number of rotatable bonds is 6. The van der Waals surface area contributed by atoms with Gasteiger partial charge in [-0.05, 0) is 54.1 Å². The zero-order valence-electron chi connectivity index (χ0n) is 16.8. The van der Waals surface area contributed by atoms with Gasteiger partial charge in [0.15, 0.2) is 0 Å². The smallest absolute Gasteiger partial charge is 0.325 e. The van der Waals surface area contributed by atoms with Crippen LogP contribution in [-0.2, 0) is 17.5 Å². The fourth-order valence-electron chi connectivity index (χ4n) is 3.07. The van der Waals surface area contributed by atoms with Gasteiger partial charge in [-0.2, -0.15) is 13.2 Å². The third kappa shape index (κ3) is 6.58. The minimum Gasteiger partial charge on any atom is -0.325 e. The Morgan fingerprint density at radius 2 is 1.48 bits per heavy atom. The van der Waals surface area contributed by atoms with E-state index >= 15 is 0 Å². The second-order valence-electron chi connectivity index (χ2n) is 7.08. The Balaban J connectivity index is 1.84. The van der Waals surface area contributed by atoms with E-state index in [0.717, 1.165) is 47.4 Å². The summed E-state index contributed by atoms with van der Waals surface area (Å²) in [6.45, 7) is -1.09. The van der Waals surface area contributed by atoms with Crippen molar-refractivity contribution in [2.75, 3.05) is 11.9 Å². The Labute approximate surface area is 184 Å². The van der Waals surface area contributed by atoms with Crippen molar-refractivity contribution < 1.29 is 35.9 Å². The maximum absolute atomic E-state index is 13.6. The van der Waals surface area contributed by atoms with Crippen LogP contribution in [-0.4, -0.2) is 23.3 Å². The van der Waals surface area contributed by atoms with Crippen molar-refractivity contribution >= 4 is 17.5 Å². The van der Waals surface area contributed by atoms with Crippen LogP contribution >= 0.6 is 0 Å². The van der Waals surface area contributed by atoms with E-state index in [4.69, 9.17) is 0 Å². The van der Waals surface area contributed by atoms with E-state index in [1.165, 1.54) is 18.2 Å². The zero-order valence-corrected chi connectivity index (χ0v) is 16.8. The lowest BCUT2D eigenvalue weighted by molar-refractivity contribution is -0.137. The van der Waals surface area contributed by atoms with Crippen molar-refractivity contribution in [3.8, 4) is 0 Å². The lowest BCUT2D eigenvalue weighted by atomic mass is 10.1. The molecule has 0 bridgehead atoms. The molecule has 3 aromatic carbocycles. The fourth-order valence-corrected chi connectivity index (χ4v) is 3.07. The number of nitrogens with zero attached hydrogens (tertiary/aromatic N) is 1. The first-order chi connectivity index (χ1) is 15.5. The van der Waals surface area contributed by atoms with Crippen LogP contribution < -0.4 is 5.32 Å². The maximum atomic E-state index is 13.6. The highest BCUT2D eigenvalue weighted by molar-refractivity contribution is 5.99. The number of carbonyl (C=O) groups is 2. The largest absolute Gasteiger partial charge is 0.416 e. The molecule has 3 aromatic rings. The first-order valence-electron chi connectivity index (χ1n) is 9.48. The van der Waals surface area contributed by atoms with E-state index in [1.807, 2.05) is 0 Å². The molecule has 0 radical (unpaired) electrons. The molecule has 0 spiro atoms. The summed E-state index contributed by atoms with van der Waals surface area (Å²) in [4.78, 5) is 26.3. The first kappa shape index (κ1) is 23.8. The summed E-state index contributed by atoms with van der Waals surface area (Å²) in [7, 11) is 0. The summed E-state index contributed by atoms with van der Waals surface area (Å²) in [5.41, 5.74) is -1.25. The number of anilines is 1. The van der Waals surface area contributed by atoms with E-state index in [2.05, 4.69) is 5.32 Å². The van der Waals surface area contributed by atoms with Gasteiger partial charge in [-0.15, -0.1) is 0 Å². The second kappa shape index (κ2) is 9.76. The molecule has 0 aliphatic carbocycles. The Morgan fingerprint density at radius 1 is 0.818 bits per heavy atom. The maximum Gasteiger partial charge on any atom is 0.416 e. The Morgan fingerprint density at radius 3 is 2.12 bits per heavy atom. The van der Waals surface area contributed by atoms with Crippen LogP contribution in [0.5, 0.6) is 0 Å². The van der Waals surface area contributed by atoms with Crippen LogP contribution in [0.25, 0.3) is 0 Å². The minimum absolute atomic E-state index is 0.0177. The van der Waals surface area contributed by atoms with Crippen LogP contribution in [0.3, 0.4) is 0 Å². The highest BCUT2D eigenvalue weighted by atomic mass is 19.4. The van der Waals surface area contributed by atoms with Gasteiger partial charge < -0.3 is 10.2 Å². The number of hydrogen-bond acceptors (Lipinski definition) is 2. The van der Waals surface area contributed by atoms with Gasteiger partial charge in [0.2, 0.25) is 5.91 Å². The van der Waals surface area contributed by atoms with Crippen molar-refractivity contribution in [1.82, 2.24) is 4.90 Å². The van der Waals surface area contributed by atoms with Gasteiger partial charge in [0.25, 0.3) is 5.91 Å². The highest BCUT2D eigenvalue weighted by Gasteiger charge is 2.30. The number of carbonyl (C=O) groups excluding carboxylic acids is 2. The quantitative estimate of drug-likeness (QED) is 0.495. The average Bonchev–Trinajstić information content (AvgIpc) is 2.71. The van der Waals surface area contributed by atoms with Crippen LogP contribution in [0, 0.1) is 17.5 Å². The number of alkyl halides is 3. The van der Waals surface area contributed by atoms with Crippen molar-refractivity contribution in [2.24, 2.45) is 0 Å². The lowest BCUT2D eigenvalue weighted by Gasteiger charge is -2.23. The molecule has 0 saturated heterocycles. The molecule has 2 amide bonds. The molecule has 172 valence electrons. The molecule has 0 aliphatic rings. The second-order valence-corrected chi connectivity index (χ2v) is 7.08. The van der Waals surface area contributed by atoms with Gasteiger partial charge in [0.05, 0.1) is 5.56 Å². The molecular formula is C23H16F6N2O2. The van der Waals surface area contributed by atoms with E-state index in [-0.39, 0.29) is 16.8 Å². The molecule has 0 fully saturated rings. The molecule has 0 aromatic heterocycles.